The Balaban J connectivity index is 2.49. The minimum atomic E-state index is -0.843. The summed E-state index contributed by atoms with van der Waals surface area (Å²) in [4.78, 5) is 35.5. The van der Waals surface area contributed by atoms with Crippen LogP contribution in [-0.4, -0.2) is 56.8 Å². The lowest BCUT2D eigenvalue weighted by molar-refractivity contribution is -0.141. The van der Waals surface area contributed by atoms with Crippen LogP contribution in [0.2, 0.25) is 0 Å². The molecule has 1 aromatic rings. The number of hydrogen-bond donors (Lipinski definition) is 1. The molecule has 8 nitrogen and oxygen atoms in total. The van der Waals surface area contributed by atoms with Crippen molar-refractivity contribution in [2.45, 2.75) is 17.9 Å². The second-order valence-corrected chi connectivity index (χ2v) is 6.32. The second-order valence-electron chi connectivity index (χ2n) is 5.44. The molecule has 0 aliphatic carbocycles. The summed E-state index contributed by atoms with van der Waals surface area (Å²) in [5.74, 6) is -0.556. The second kappa shape index (κ2) is 14.1. The third-order valence-electron chi connectivity index (χ3n) is 3.27. The van der Waals surface area contributed by atoms with Crippen LogP contribution < -0.4 is 10.1 Å². The highest BCUT2D eigenvalue weighted by Gasteiger charge is 2.17. The summed E-state index contributed by atoms with van der Waals surface area (Å²) >= 11 is 1.60. The number of carbonyl (C=O) groups is 3. The van der Waals surface area contributed by atoms with Crippen molar-refractivity contribution in [3.05, 3.63) is 49.1 Å². The maximum absolute atomic E-state index is 11.9. The molecule has 0 aliphatic heterocycles. The Bertz CT molecular complexity index is 703. The lowest BCUT2D eigenvalue weighted by atomic mass is 10.3. The van der Waals surface area contributed by atoms with E-state index >= 15 is 0 Å². The van der Waals surface area contributed by atoms with Gasteiger partial charge in [-0.25, -0.2) is 14.4 Å². The zero-order chi connectivity index (χ0) is 21.5. The largest absolute Gasteiger partial charge is 0.490 e. The van der Waals surface area contributed by atoms with Gasteiger partial charge in [-0.3, -0.25) is 0 Å². The first-order valence-corrected chi connectivity index (χ1v) is 10.0. The van der Waals surface area contributed by atoms with E-state index in [1.54, 1.807) is 36.9 Å². The van der Waals surface area contributed by atoms with E-state index in [0.717, 1.165) is 11.0 Å². The SMILES string of the molecule is C=CC(=O)OCC(COc1ccc(SC)cc1)OC(=O)NCCOC(=O)/C=C/C. The summed E-state index contributed by atoms with van der Waals surface area (Å²) in [5, 5.41) is 2.44. The number of hydrogen-bond acceptors (Lipinski definition) is 8. The van der Waals surface area contributed by atoms with Crippen molar-refractivity contribution in [3.63, 3.8) is 0 Å². The van der Waals surface area contributed by atoms with Crippen LogP contribution >= 0.6 is 11.8 Å². The Morgan fingerprint density at radius 1 is 1.14 bits per heavy atom. The summed E-state index contributed by atoms with van der Waals surface area (Å²) in [6.45, 7) is 4.84. The molecule has 1 N–H and O–H groups in total. The van der Waals surface area contributed by atoms with Crippen molar-refractivity contribution in [2.24, 2.45) is 0 Å². The van der Waals surface area contributed by atoms with E-state index in [9.17, 15) is 14.4 Å². The molecular weight excluding hydrogens is 398 g/mol. The van der Waals surface area contributed by atoms with Gasteiger partial charge in [-0.2, -0.15) is 0 Å². The Kier molecular flexibility index (Phi) is 11.7. The number of alkyl carbamates (subject to hydrolysis) is 1. The number of carbonyl (C=O) groups excluding carboxylic acids is 3. The van der Waals surface area contributed by atoms with Crippen molar-refractivity contribution in [1.29, 1.82) is 0 Å². The van der Waals surface area contributed by atoms with Gasteiger partial charge in [-0.05, 0) is 37.4 Å². The molecule has 0 saturated heterocycles. The predicted octanol–water partition coefficient (Wildman–Crippen LogP) is 2.73. The van der Waals surface area contributed by atoms with E-state index < -0.39 is 24.1 Å². The van der Waals surface area contributed by atoms with Crippen LogP contribution in [0, 0.1) is 0 Å². The molecule has 0 saturated carbocycles. The summed E-state index contributed by atoms with van der Waals surface area (Å²) in [6, 6.07) is 7.38. The molecule has 158 valence electrons. The van der Waals surface area contributed by atoms with Crippen LogP contribution in [0.4, 0.5) is 4.79 Å². The molecule has 1 aromatic carbocycles. The standard InChI is InChI=1S/C20H25NO7S/c1-4-6-19(23)25-12-11-21-20(24)28-16(14-27-18(22)5-2)13-26-15-7-9-17(29-3)10-8-15/h4-10,16H,2,11-14H2,1,3H3,(H,21,24)/b6-4+. The number of amides is 1. The number of benzene rings is 1. The molecule has 1 unspecified atom stereocenters. The number of esters is 2. The Morgan fingerprint density at radius 2 is 1.86 bits per heavy atom. The van der Waals surface area contributed by atoms with E-state index in [4.69, 9.17) is 18.9 Å². The van der Waals surface area contributed by atoms with Gasteiger partial charge in [-0.1, -0.05) is 12.7 Å². The zero-order valence-corrected chi connectivity index (χ0v) is 17.2. The molecule has 0 aliphatic rings. The van der Waals surface area contributed by atoms with Crippen molar-refractivity contribution in [3.8, 4) is 5.75 Å². The summed E-state index contributed by atoms with van der Waals surface area (Å²) in [5.41, 5.74) is 0. The molecule has 1 rings (SSSR count). The number of allylic oxidation sites excluding steroid dienone is 1. The van der Waals surface area contributed by atoms with E-state index in [2.05, 4.69) is 11.9 Å². The van der Waals surface area contributed by atoms with Gasteiger partial charge in [0.25, 0.3) is 0 Å². The fourth-order valence-corrected chi connectivity index (χ4v) is 2.30. The van der Waals surface area contributed by atoms with Gasteiger partial charge in [0.05, 0.1) is 6.54 Å². The number of ether oxygens (including phenoxy) is 4. The molecule has 29 heavy (non-hydrogen) atoms. The number of rotatable bonds is 12. The molecular formula is C20H25NO7S. The average molecular weight is 423 g/mol. The number of thioether (sulfide) groups is 1. The first kappa shape index (κ1) is 24.1. The molecule has 0 fully saturated rings. The third kappa shape index (κ3) is 10.8. The van der Waals surface area contributed by atoms with Gasteiger partial charge in [0.1, 0.15) is 25.6 Å². The molecule has 1 amide bonds. The van der Waals surface area contributed by atoms with E-state index in [1.165, 1.54) is 6.08 Å². The van der Waals surface area contributed by atoms with Crippen LogP contribution in [0.3, 0.4) is 0 Å². The monoisotopic (exact) mass is 423 g/mol. The maximum Gasteiger partial charge on any atom is 0.407 e. The highest BCUT2D eigenvalue weighted by atomic mass is 32.2. The van der Waals surface area contributed by atoms with Crippen LogP contribution in [0.15, 0.2) is 54.0 Å². The zero-order valence-electron chi connectivity index (χ0n) is 16.4. The van der Waals surface area contributed by atoms with E-state index in [-0.39, 0.29) is 26.4 Å². The van der Waals surface area contributed by atoms with E-state index in [1.807, 2.05) is 18.4 Å². The van der Waals surface area contributed by atoms with Crippen molar-refractivity contribution in [2.75, 3.05) is 32.6 Å². The van der Waals surface area contributed by atoms with Gasteiger partial charge in [-0.15, -0.1) is 11.8 Å². The minimum absolute atomic E-state index is 0.00726. The van der Waals surface area contributed by atoms with Gasteiger partial charge in [0.2, 0.25) is 0 Å². The Morgan fingerprint density at radius 3 is 2.48 bits per heavy atom. The molecule has 0 spiro atoms. The highest BCUT2D eigenvalue weighted by Crippen LogP contribution is 2.19. The van der Waals surface area contributed by atoms with Crippen molar-refractivity contribution >= 4 is 29.8 Å². The predicted molar refractivity (Wildman–Crippen MR) is 109 cm³/mol. The number of nitrogens with one attached hydrogen (secondary N) is 1. The maximum atomic E-state index is 11.9. The lowest BCUT2D eigenvalue weighted by Gasteiger charge is -2.18. The highest BCUT2D eigenvalue weighted by molar-refractivity contribution is 7.98. The van der Waals surface area contributed by atoms with Crippen LogP contribution in [0.5, 0.6) is 5.75 Å². The first-order chi connectivity index (χ1) is 14.0. The molecule has 9 heteroatoms. The van der Waals surface area contributed by atoms with Gasteiger partial charge in [0.15, 0.2) is 6.10 Å². The minimum Gasteiger partial charge on any atom is -0.490 e. The Labute approximate surface area is 174 Å². The van der Waals surface area contributed by atoms with Gasteiger partial charge >= 0.3 is 18.0 Å². The fourth-order valence-electron chi connectivity index (χ4n) is 1.89. The summed E-state index contributed by atoms with van der Waals surface area (Å²) < 4.78 is 20.6. The molecule has 0 aromatic heterocycles. The quantitative estimate of drug-likeness (QED) is 0.180. The Hall–Kier alpha value is -2.94. The molecule has 0 heterocycles. The molecule has 1 atom stereocenters. The van der Waals surface area contributed by atoms with Crippen LogP contribution in [0.25, 0.3) is 0 Å². The molecule has 0 bridgehead atoms. The van der Waals surface area contributed by atoms with Crippen LogP contribution in [0.1, 0.15) is 6.92 Å². The first-order valence-electron chi connectivity index (χ1n) is 8.78. The summed E-state index contributed by atoms with van der Waals surface area (Å²) in [6.07, 6.45) is 4.20. The van der Waals surface area contributed by atoms with E-state index in [0.29, 0.717) is 5.75 Å². The fraction of sp³-hybridized carbons (Fsp3) is 0.350. The topological polar surface area (TPSA) is 100 Å². The van der Waals surface area contributed by atoms with Crippen molar-refractivity contribution in [1.82, 2.24) is 5.32 Å². The normalized spacial score (nSPS) is 11.4. The smallest absolute Gasteiger partial charge is 0.407 e. The summed E-state index contributed by atoms with van der Waals surface area (Å²) in [7, 11) is 0. The molecule has 0 radical (unpaired) electrons. The van der Waals surface area contributed by atoms with Crippen molar-refractivity contribution < 1.29 is 33.3 Å². The lowest BCUT2D eigenvalue weighted by Crippen LogP contribution is -2.36. The average Bonchev–Trinajstić information content (AvgIpc) is 2.73. The van der Waals surface area contributed by atoms with Gasteiger partial charge in [0, 0.05) is 17.0 Å². The van der Waals surface area contributed by atoms with Gasteiger partial charge < -0.3 is 24.3 Å². The van der Waals surface area contributed by atoms with Crippen LogP contribution in [-0.2, 0) is 23.8 Å². The third-order valence-corrected chi connectivity index (χ3v) is 4.01.